The maximum Gasteiger partial charge on any atom is 0.262 e. The van der Waals surface area contributed by atoms with E-state index in [4.69, 9.17) is 4.74 Å². The van der Waals surface area contributed by atoms with Crippen LogP contribution >= 0.6 is 0 Å². The molecule has 3 aromatic rings. The summed E-state index contributed by atoms with van der Waals surface area (Å²) in [5.74, 6) is 0.768. The minimum Gasteiger partial charge on any atom is -0.437 e. The zero-order chi connectivity index (χ0) is 16.1. The zero-order valence-corrected chi connectivity index (χ0v) is 12.9. The molecule has 6 heteroatoms. The molecule has 0 fully saturated rings. The number of hydrogen-bond acceptors (Lipinski definition) is 4. The van der Waals surface area contributed by atoms with Gasteiger partial charge in [-0.3, -0.25) is 4.72 Å². The second-order valence-corrected chi connectivity index (χ2v) is 6.37. The van der Waals surface area contributed by atoms with Gasteiger partial charge in [0.2, 0.25) is 5.88 Å². The first-order chi connectivity index (χ1) is 11.1. The summed E-state index contributed by atoms with van der Waals surface area (Å²) in [4.78, 5) is 4.28. The number of rotatable bonds is 5. The quantitative estimate of drug-likeness (QED) is 0.776. The van der Waals surface area contributed by atoms with Crippen LogP contribution in [0.4, 0.5) is 5.69 Å². The Morgan fingerprint density at radius 3 is 2.17 bits per heavy atom. The monoisotopic (exact) mass is 326 g/mol. The number of benzene rings is 2. The summed E-state index contributed by atoms with van der Waals surface area (Å²) in [6.07, 6.45) is 1.54. The number of nitrogens with zero attached hydrogens (tertiary/aromatic N) is 1. The zero-order valence-electron chi connectivity index (χ0n) is 12.1. The van der Waals surface area contributed by atoms with Gasteiger partial charge in [-0.05, 0) is 36.4 Å². The Bertz CT molecular complexity index is 882. The molecule has 0 aliphatic rings. The molecule has 0 bridgehead atoms. The van der Waals surface area contributed by atoms with E-state index in [-0.39, 0.29) is 16.5 Å². The van der Waals surface area contributed by atoms with Crippen LogP contribution < -0.4 is 9.46 Å². The van der Waals surface area contributed by atoms with Crippen LogP contribution in [0.3, 0.4) is 0 Å². The van der Waals surface area contributed by atoms with Crippen LogP contribution in [-0.2, 0) is 10.0 Å². The molecular formula is C17H14N2O3S. The molecule has 0 unspecified atom stereocenters. The normalized spacial score (nSPS) is 11.0. The average Bonchev–Trinajstić information content (AvgIpc) is 2.58. The smallest absolute Gasteiger partial charge is 0.262 e. The molecule has 1 heterocycles. The van der Waals surface area contributed by atoms with Crippen molar-refractivity contribution in [2.45, 2.75) is 4.90 Å². The van der Waals surface area contributed by atoms with Crippen LogP contribution in [0, 0.1) is 0 Å². The molecule has 0 spiro atoms. The number of aromatic nitrogens is 1. The molecule has 0 saturated heterocycles. The van der Waals surface area contributed by atoms with Gasteiger partial charge in [-0.15, -0.1) is 0 Å². The van der Waals surface area contributed by atoms with Crippen molar-refractivity contribution < 1.29 is 13.2 Å². The largest absolute Gasteiger partial charge is 0.437 e. The third-order valence-electron chi connectivity index (χ3n) is 3.03. The number of nitrogens with one attached hydrogen (secondary N) is 1. The standard InChI is InChI=1S/C17H14N2O3S/c20-23(21,15-10-5-2-6-11-15)19-16-12-7-13-18-17(16)22-14-8-3-1-4-9-14/h1-13,19H. The molecule has 0 radical (unpaired) electrons. The number of para-hydroxylation sites is 1. The van der Waals surface area contributed by atoms with Gasteiger partial charge in [0.15, 0.2) is 0 Å². The van der Waals surface area contributed by atoms with Gasteiger partial charge in [-0.25, -0.2) is 13.4 Å². The molecular weight excluding hydrogens is 312 g/mol. The van der Waals surface area contributed by atoms with Crippen molar-refractivity contribution in [1.82, 2.24) is 4.98 Å². The SMILES string of the molecule is O=S(=O)(Nc1cccnc1Oc1ccccc1)c1ccccc1. The first-order valence-electron chi connectivity index (χ1n) is 6.91. The van der Waals surface area contributed by atoms with Gasteiger partial charge in [0, 0.05) is 6.20 Å². The maximum absolute atomic E-state index is 12.4. The molecule has 0 saturated carbocycles. The lowest BCUT2D eigenvalue weighted by Crippen LogP contribution is -2.13. The minimum atomic E-state index is -3.70. The fraction of sp³-hybridized carbons (Fsp3) is 0. The number of pyridine rings is 1. The van der Waals surface area contributed by atoms with E-state index in [1.807, 2.05) is 18.2 Å². The van der Waals surface area contributed by atoms with Crippen LogP contribution in [0.2, 0.25) is 0 Å². The van der Waals surface area contributed by atoms with Crippen molar-refractivity contribution in [2.75, 3.05) is 4.72 Å². The van der Waals surface area contributed by atoms with Gasteiger partial charge < -0.3 is 4.74 Å². The van der Waals surface area contributed by atoms with Gasteiger partial charge in [-0.2, -0.15) is 0 Å². The molecule has 1 N–H and O–H groups in total. The van der Waals surface area contributed by atoms with Crippen LogP contribution in [0.15, 0.2) is 83.9 Å². The Morgan fingerprint density at radius 2 is 1.48 bits per heavy atom. The molecule has 0 aliphatic carbocycles. The van der Waals surface area contributed by atoms with Crippen LogP contribution in [-0.4, -0.2) is 13.4 Å². The lowest BCUT2D eigenvalue weighted by Gasteiger charge is -2.12. The Labute approximate surface area is 134 Å². The fourth-order valence-corrected chi connectivity index (χ4v) is 3.03. The van der Waals surface area contributed by atoms with E-state index in [2.05, 4.69) is 9.71 Å². The minimum absolute atomic E-state index is 0.175. The van der Waals surface area contributed by atoms with E-state index in [1.165, 1.54) is 12.1 Å². The van der Waals surface area contributed by atoms with Crippen LogP contribution in [0.25, 0.3) is 0 Å². The second-order valence-electron chi connectivity index (χ2n) is 4.69. The molecule has 23 heavy (non-hydrogen) atoms. The highest BCUT2D eigenvalue weighted by atomic mass is 32.2. The van der Waals surface area contributed by atoms with E-state index < -0.39 is 10.0 Å². The highest BCUT2D eigenvalue weighted by molar-refractivity contribution is 7.92. The fourth-order valence-electron chi connectivity index (χ4n) is 1.95. The maximum atomic E-state index is 12.4. The van der Waals surface area contributed by atoms with Gasteiger partial charge in [0.25, 0.3) is 10.0 Å². The second kappa shape index (κ2) is 6.50. The summed E-state index contributed by atoms with van der Waals surface area (Å²) >= 11 is 0. The van der Waals surface area contributed by atoms with E-state index in [9.17, 15) is 8.42 Å². The number of anilines is 1. The lowest BCUT2D eigenvalue weighted by molar-refractivity contribution is 0.465. The van der Waals surface area contributed by atoms with E-state index in [0.29, 0.717) is 5.75 Å². The van der Waals surface area contributed by atoms with Crippen molar-refractivity contribution in [3.63, 3.8) is 0 Å². The third kappa shape index (κ3) is 3.67. The van der Waals surface area contributed by atoms with Gasteiger partial charge in [-0.1, -0.05) is 36.4 Å². The van der Waals surface area contributed by atoms with Crippen LogP contribution in [0.5, 0.6) is 11.6 Å². The lowest BCUT2D eigenvalue weighted by atomic mass is 10.3. The van der Waals surface area contributed by atoms with Crippen molar-refractivity contribution in [3.05, 3.63) is 79.0 Å². The Hall–Kier alpha value is -2.86. The van der Waals surface area contributed by atoms with Crippen molar-refractivity contribution in [2.24, 2.45) is 0 Å². The topological polar surface area (TPSA) is 68.3 Å². The highest BCUT2D eigenvalue weighted by Crippen LogP contribution is 2.28. The summed E-state index contributed by atoms with van der Waals surface area (Å²) in [6, 6.07) is 20.4. The van der Waals surface area contributed by atoms with Gasteiger partial charge >= 0.3 is 0 Å². The summed E-state index contributed by atoms with van der Waals surface area (Å²) in [5, 5.41) is 0. The van der Waals surface area contributed by atoms with Crippen molar-refractivity contribution in [3.8, 4) is 11.6 Å². The Kier molecular flexibility index (Phi) is 4.25. The van der Waals surface area contributed by atoms with E-state index in [1.54, 1.807) is 48.7 Å². The molecule has 2 aromatic carbocycles. The number of sulfonamides is 1. The van der Waals surface area contributed by atoms with Crippen molar-refractivity contribution in [1.29, 1.82) is 0 Å². The molecule has 3 rings (SSSR count). The third-order valence-corrected chi connectivity index (χ3v) is 4.41. The molecule has 116 valence electrons. The number of ether oxygens (including phenoxy) is 1. The van der Waals surface area contributed by atoms with E-state index >= 15 is 0 Å². The Balaban J connectivity index is 1.89. The van der Waals surface area contributed by atoms with Gasteiger partial charge in [0.1, 0.15) is 11.4 Å². The Morgan fingerprint density at radius 1 is 0.826 bits per heavy atom. The predicted octanol–water partition coefficient (Wildman–Crippen LogP) is 3.67. The molecule has 0 aliphatic heterocycles. The highest BCUT2D eigenvalue weighted by Gasteiger charge is 2.17. The summed E-state index contributed by atoms with van der Waals surface area (Å²) in [6.45, 7) is 0. The first kappa shape index (κ1) is 15.1. The van der Waals surface area contributed by atoms with Gasteiger partial charge in [0.05, 0.1) is 4.90 Å². The molecule has 1 aromatic heterocycles. The number of hydrogen-bond donors (Lipinski definition) is 1. The molecule has 0 amide bonds. The predicted molar refractivity (Wildman–Crippen MR) is 88.0 cm³/mol. The molecule has 0 atom stereocenters. The first-order valence-corrected chi connectivity index (χ1v) is 8.39. The van der Waals surface area contributed by atoms with Crippen LogP contribution in [0.1, 0.15) is 0 Å². The van der Waals surface area contributed by atoms with Crippen molar-refractivity contribution >= 4 is 15.7 Å². The molecule has 5 nitrogen and oxygen atoms in total. The van der Waals surface area contributed by atoms with E-state index in [0.717, 1.165) is 0 Å². The summed E-state index contributed by atoms with van der Waals surface area (Å²) < 4.78 is 33.0. The summed E-state index contributed by atoms with van der Waals surface area (Å²) in [5.41, 5.74) is 0.278. The summed E-state index contributed by atoms with van der Waals surface area (Å²) in [7, 11) is -3.70. The average molecular weight is 326 g/mol.